The van der Waals surface area contributed by atoms with Gasteiger partial charge in [-0.25, -0.2) is 8.42 Å². The summed E-state index contributed by atoms with van der Waals surface area (Å²) in [5.74, 6) is -1.99. The van der Waals surface area contributed by atoms with Crippen LogP contribution in [0.25, 0.3) is 0 Å². The Kier molecular flexibility index (Phi) is 3.93. The fourth-order valence-corrected chi connectivity index (χ4v) is 3.85. The summed E-state index contributed by atoms with van der Waals surface area (Å²) < 4.78 is 22.4. The maximum Gasteiger partial charge on any atom is 0.306 e. The van der Waals surface area contributed by atoms with E-state index in [2.05, 4.69) is 5.32 Å². The number of sulfone groups is 1. The molecular formula is C12H17NO5S. The van der Waals surface area contributed by atoms with E-state index in [4.69, 9.17) is 5.11 Å². The predicted octanol–water partition coefficient (Wildman–Crippen LogP) is 0.304. The number of carbonyl (C=O) groups is 2. The van der Waals surface area contributed by atoms with Gasteiger partial charge in [-0.3, -0.25) is 9.59 Å². The minimum absolute atomic E-state index is 0.103. The molecule has 19 heavy (non-hydrogen) atoms. The van der Waals surface area contributed by atoms with Crippen molar-refractivity contribution in [2.75, 3.05) is 5.75 Å². The molecule has 1 fully saturated rings. The lowest BCUT2D eigenvalue weighted by Gasteiger charge is -2.26. The first-order valence-electron chi connectivity index (χ1n) is 6.31. The lowest BCUT2D eigenvalue weighted by Crippen LogP contribution is -2.41. The third-order valence-electron chi connectivity index (χ3n) is 3.65. The van der Waals surface area contributed by atoms with Crippen molar-refractivity contribution in [3.8, 4) is 0 Å². The summed E-state index contributed by atoms with van der Waals surface area (Å²) in [5.41, 5.74) is 0. The van der Waals surface area contributed by atoms with Gasteiger partial charge in [0.1, 0.15) is 0 Å². The molecule has 1 aliphatic heterocycles. The minimum Gasteiger partial charge on any atom is -0.481 e. The van der Waals surface area contributed by atoms with E-state index in [1.807, 2.05) is 0 Å². The lowest BCUT2D eigenvalue weighted by molar-refractivity contribution is -0.144. The Bertz CT molecular complexity index is 510. The number of rotatable bonds is 3. The highest BCUT2D eigenvalue weighted by Crippen LogP contribution is 2.29. The topological polar surface area (TPSA) is 101 Å². The van der Waals surface area contributed by atoms with Crippen molar-refractivity contribution in [2.24, 2.45) is 11.8 Å². The standard InChI is InChI=1S/C12H17NO5S/c14-11(13-10-4-5-19(17,18)7-10)8-2-1-3-9(6-8)12(15)16/h4-5,8-10H,1-3,6-7H2,(H,13,14)(H,15,16). The Morgan fingerprint density at radius 3 is 2.47 bits per heavy atom. The molecule has 1 amide bonds. The van der Waals surface area contributed by atoms with E-state index in [-0.39, 0.29) is 17.6 Å². The number of carboxylic acids is 1. The van der Waals surface area contributed by atoms with Crippen molar-refractivity contribution in [3.05, 3.63) is 11.5 Å². The zero-order chi connectivity index (χ0) is 14.0. The predicted molar refractivity (Wildman–Crippen MR) is 67.9 cm³/mol. The molecule has 0 spiro atoms. The van der Waals surface area contributed by atoms with Gasteiger partial charge < -0.3 is 10.4 Å². The average Bonchev–Trinajstić information content (AvgIpc) is 2.68. The number of amides is 1. The maximum absolute atomic E-state index is 12.0. The summed E-state index contributed by atoms with van der Waals surface area (Å²) in [6.07, 6.45) is 3.79. The van der Waals surface area contributed by atoms with E-state index in [0.29, 0.717) is 25.7 Å². The van der Waals surface area contributed by atoms with E-state index in [1.165, 1.54) is 6.08 Å². The SMILES string of the molecule is O=C(O)C1CCCC(C(=O)NC2C=CS(=O)(=O)C2)C1. The molecule has 106 valence electrons. The highest BCUT2D eigenvalue weighted by Gasteiger charge is 2.32. The smallest absolute Gasteiger partial charge is 0.306 e. The number of hydrogen-bond donors (Lipinski definition) is 2. The largest absolute Gasteiger partial charge is 0.481 e. The molecule has 0 aromatic rings. The van der Waals surface area contributed by atoms with Crippen molar-refractivity contribution >= 4 is 21.7 Å². The Balaban J connectivity index is 1.90. The van der Waals surface area contributed by atoms with E-state index < -0.39 is 27.8 Å². The van der Waals surface area contributed by atoms with Crippen LogP contribution in [-0.2, 0) is 19.4 Å². The zero-order valence-electron chi connectivity index (χ0n) is 10.4. The van der Waals surface area contributed by atoms with Crippen LogP contribution in [-0.4, -0.2) is 37.2 Å². The van der Waals surface area contributed by atoms with Crippen LogP contribution in [0.2, 0.25) is 0 Å². The highest BCUT2D eigenvalue weighted by atomic mass is 32.2. The Hall–Kier alpha value is -1.37. The second-order valence-corrected chi connectivity index (χ2v) is 7.10. The van der Waals surface area contributed by atoms with Gasteiger partial charge in [0.25, 0.3) is 0 Å². The minimum atomic E-state index is -3.19. The molecule has 6 nitrogen and oxygen atoms in total. The Labute approximate surface area is 111 Å². The molecule has 1 heterocycles. The van der Waals surface area contributed by atoms with Crippen LogP contribution in [0.5, 0.6) is 0 Å². The molecule has 0 aromatic carbocycles. The van der Waals surface area contributed by atoms with Crippen molar-refractivity contribution in [1.82, 2.24) is 5.32 Å². The quantitative estimate of drug-likeness (QED) is 0.777. The molecule has 7 heteroatoms. The second-order valence-electron chi connectivity index (χ2n) is 5.17. The number of nitrogens with one attached hydrogen (secondary N) is 1. The summed E-state index contributed by atoms with van der Waals surface area (Å²) in [6.45, 7) is 0. The Morgan fingerprint density at radius 2 is 1.89 bits per heavy atom. The van der Waals surface area contributed by atoms with Crippen LogP contribution in [0, 0.1) is 11.8 Å². The van der Waals surface area contributed by atoms with Crippen LogP contribution >= 0.6 is 0 Å². The third-order valence-corrected chi connectivity index (χ3v) is 5.05. The molecule has 2 N–H and O–H groups in total. The van der Waals surface area contributed by atoms with Gasteiger partial charge in [-0.1, -0.05) is 6.42 Å². The molecule has 2 aliphatic rings. The molecule has 0 aromatic heterocycles. The van der Waals surface area contributed by atoms with E-state index in [0.717, 1.165) is 5.41 Å². The average molecular weight is 287 g/mol. The van der Waals surface area contributed by atoms with Crippen molar-refractivity contribution in [1.29, 1.82) is 0 Å². The van der Waals surface area contributed by atoms with E-state index in [9.17, 15) is 18.0 Å². The number of carbonyl (C=O) groups excluding carboxylic acids is 1. The van der Waals surface area contributed by atoms with Crippen LogP contribution in [0.15, 0.2) is 11.5 Å². The monoisotopic (exact) mass is 287 g/mol. The molecular weight excluding hydrogens is 270 g/mol. The van der Waals surface area contributed by atoms with Crippen LogP contribution in [0.3, 0.4) is 0 Å². The first kappa shape index (κ1) is 14.0. The molecule has 3 atom stereocenters. The van der Waals surface area contributed by atoms with Gasteiger partial charge in [-0.05, 0) is 25.3 Å². The molecule has 0 bridgehead atoms. The molecule has 1 saturated carbocycles. The first-order chi connectivity index (χ1) is 8.87. The fourth-order valence-electron chi connectivity index (χ4n) is 2.62. The van der Waals surface area contributed by atoms with Crippen LogP contribution in [0.1, 0.15) is 25.7 Å². The van der Waals surface area contributed by atoms with Crippen molar-refractivity contribution in [3.63, 3.8) is 0 Å². The number of hydrogen-bond acceptors (Lipinski definition) is 4. The fraction of sp³-hybridized carbons (Fsp3) is 0.667. The zero-order valence-corrected chi connectivity index (χ0v) is 11.2. The van der Waals surface area contributed by atoms with E-state index >= 15 is 0 Å². The number of carboxylic acid groups (broad SMARTS) is 1. The highest BCUT2D eigenvalue weighted by molar-refractivity contribution is 7.94. The number of aliphatic carboxylic acids is 1. The van der Waals surface area contributed by atoms with Gasteiger partial charge in [0, 0.05) is 11.3 Å². The summed E-state index contributed by atoms with van der Waals surface area (Å²) in [5, 5.41) is 12.7. The summed E-state index contributed by atoms with van der Waals surface area (Å²) >= 11 is 0. The van der Waals surface area contributed by atoms with Crippen molar-refractivity contribution < 1.29 is 23.1 Å². The van der Waals surface area contributed by atoms with Crippen LogP contribution < -0.4 is 5.32 Å². The molecule has 0 saturated heterocycles. The molecule has 0 radical (unpaired) electrons. The van der Waals surface area contributed by atoms with Gasteiger partial charge in [0.15, 0.2) is 9.84 Å². The summed E-state index contributed by atoms with van der Waals surface area (Å²) in [4.78, 5) is 22.9. The maximum atomic E-state index is 12.0. The summed E-state index contributed by atoms with van der Waals surface area (Å²) in [6, 6.07) is -0.484. The molecule has 1 aliphatic carbocycles. The van der Waals surface area contributed by atoms with E-state index in [1.54, 1.807) is 0 Å². The normalized spacial score (nSPS) is 32.9. The van der Waals surface area contributed by atoms with Gasteiger partial charge >= 0.3 is 5.97 Å². The first-order valence-corrected chi connectivity index (χ1v) is 8.03. The van der Waals surface area contributed by atoms with Gasteiger partial charge in [0.2, 0.25) is 5.91 Å². The lowest BCUT2D eigenvalue weighted by atomic mass is 9.81. The van der Waals surface area contributed by atoms with Gasteiger partial charge in [-0.15, -0.1) is 0 Å². The molecule has 2 rings (SSSR count). The Morgan fingerprint density at radius 1 is 1.21 bits per heavy atom. The summed E-state index contributed by atoms with van der Waals surface area (Å²) in [7, 11) is -3.19. The van der Waals surface area contributed by atoms with Crippen LogP contribution in [0.4, 0.5) is 0 Å². The third kappa shape index (κ3) is 3.56. The van der Waals surface area contributed by atoms with Gasteiger partial charge in [-0.2, -0.15) is 0 Å². The van der Waals surface area contributed by atoms with Gasteiger partial charge in [0.05, 0.1) is 17.7 Å². The molecule has 3 unspecified atom stereocenters. The van der Waals surface area contributed by atoms with Crippen molar-refractivity contribution in [2.45, 2.75) is 31.7 Å². The second kappa shape index (κ2) is 5.32.